The molecule has 3 rings (SSSR count). The van der Waals surface area contributed by atoms with Gasteiger partial charge in [-0.2, -0.15) is 0 Å². The zero-order valence-corrected chi connectivity index (χ0v) is 19.6. The number of anilines is 1. The van der Waals surface area contributed by atoms with Gasteiger partial charge in [0, 0.05) is 24.8 Å². The van der Waals surface area contributed by atoms with Gasteiger partial charge in [0.15, 0.2) is 5.79 Å². The van der Waals surface area contributed by atoms with E-state index in [1.54, 1.807) is 0 Å². The van der Waals surface area contributed by atoms with Gasteiger partial charge in [0.2, 0.25) is 5.91 Å². The second kappa shape index (κ2) is 9.40. The summed E-state index contributed by atoms with van der Waals surface area (Å²) in [6, 6.07) is 1.96. The number of esters is 1. The van der Waals surface area contributed by atoms with Crippen molar-refractivity contribution in [1.29, 1.82) is 0 Å². The van der Waals surface area contributed by atoms with Crippen LogP contribution in [0.5, 0.6) is 0 Å². The SMILES string of the molecule is CCCC(C)C(=O)N(c1cc(I)sc1C(=O)OC)C1CCC2(CC1)OCCO2. The van der Waals surface area contributed by atoms with Crippen LogP contribution in [0.3, 0.4) is 0 Å². The molecule has 0 aromatic carbocycles. The minimum atomic E-state index is -0.478. The average molecular weight is 521 g/mol. The Hall–Kier alpha value is -0.710. The van der Waals surface area contributed by atoms with E-state index in [1.807, 2.05) is 17.9 Å². The molecule has 1 aromatic heterocycles. The molecule has 2 heterocycles. The lowest BCUT2D eigenvalue weighted by Gasteiger charge is -2.41. The summed E-state index contributed by atoms with van der Waals surface area (Å²) >= 11 is 3.57. The topological polar surface area (TPSA) is 65.1 Å². The van der Waals surface area contributed by atoms with Crippen molar-refractivity contribution in [3.05, 3.63) is 13.8 Å². The van der Waals surface area contributed by atoms with Crippen molar-refractivity contribution in [2.75, 3.05) is 25.2 Å². The van der Waals surface area contributed by atoms with Gasteiger partial charge in [-0.05, 0) is 47.9 Å². The zero-order valence-electron chi connectivity index (χ0n) is 16.7. The first-order valence-corrected chi connectivity index (χ1v) is 11.8. The molecule has 8 heteroatoms. The molecular weight excluding hydrogens is 493 g/mol. The van der Waals surface area contributed by atoms with E-state index in [9.17, 15) is 9.59 Å². The summed E-state index contributed by atoms with van der Waals surface area (Å²) in [4.78, 5) is 28.2. The monoisotopic (exact) mass is 521 g/mol. The predicted octanol–water partition coefficient (Wildman–Crippen LogP) is 4.59. The number of amides is 1. The predicted molar refractivity (Wildman–Crippen MR) is 117 cm³/mol. The Kier molecular flexibility index (Phi) is 7.38. The number of rotatable bonds is 6. The standard InChI is InChI=1S/C20H28INO5S/c1-4-5-13(2)18(23)22(15-12-16(21)28-17(15)19(24)25-3)14-6-8-20(9-7-14)26-10-11-27-20/h12-14H,4-11H2,1-3H3. The lowest BCUT2D eigenvalue weighted by Crippen LogP contribution is -2.48. The summed E-state index contributed by atoms with van der Waals surface area (Å²) in [6.07, 6.45) is 4.88. The van der Waals surface area contributed by atoms with Crippen LogP contribution in [-0.2, 0) is 19.0 Å². The number of methoxy groups -OCH3 is 1. The zero-order chi connectivity index (χ0) is 20.3. The maximum absolute atomic E-state index is 13.4. The number of hydrogen-bond donors (Lipinski definition) is 0. The molecule has 0 bridgehead atoms. The molecule has 1 amide bonds. The van der Waals surface area contributed by atoms with E-state index < -0.39 is 11.8 Å². The van der Waals surface area contributed by atoms with E-state index in [0.717, 1.165) is 41.4 Å². The Morgan fingerprint density at radius 3 is 2.57 bits per heavy atom. The smallest absolute Gasteiger partial charge is 0.350 e. The first-order chi connectivity index (χ1) is 13.4. The molecule has 1 atom stereocenters. The Balaban J connectivity index is 1.90. The fourth-order valence-corrected chi connectivity index (χ4v) is 5.90. The highest BCUT2D eigenvalue weighted by Crippen LogP contribution is 2.41. The van der Waals surface area contributed by atoms with Crippen molar-refractivity contribution in [3.63, 3.8) is 0 Å². The van der Waals surface area contributed by atoms with E-state index in [4.69, 9.17) is 14.2 Å². The van der Waals surface area contributed by atoms with Gasteiger partial charge < -0.3 is 19.1 Å². The molecule has 1 saturated carbocycles. The van der Waals surface area contributed by atoms with E-state index in [2.05, 4.69) is 29.5 Å². The van der Waals surface area contributed by atoms with Crippen LogP contribution in [0.15, 0.2) is 6.07 Å². The second-order valence-corrected chi connectivity index (χ2v) is 10.4. The third-order valence-electron chi connectivity index (χ3n) is 5.59. The van der Waals surface area contributed by atoms with Crippen LogP contribution < -0.4 is 4.90 Å². The minimum Gasteiger partial charge on any atom is -0.465 e. The number of carbonyl (C=O) groups excluding carboxylic acids is 2. The molecule has 156 valence electrons. The molecule has 0 N–H and O–H groups in total. The van der Waals surface area contributed by atoms with Gasteiger partial charge >= 0.3 is 5.97 Å². The summed E-state index contributed by atoms with van der Waals surface area (Å²) in [7, 11) is 1.38. The number of nitrogens with zero attached hydrogens (tertiary/aromatic N) is 1. The summed E-state index contributed by atoms with van der Waals surface area (Å²) in [5.41, 5.74) is 0.684. The quantitative estimate of drug-likeness (QED) is 0.405. The number of hydrogen-bond acceptors (Lipinski definition) is 6. The highest BCUT2D eigenvalue weighted by molar-refractivity contribution is 14.1. The van der Waals surface area contributed by atoms with Crippen LogP contribution in [0.2, 0.25) is 0 Å². The molecule has 1 spiro atoms. The summed E-state index contributed by atoms with van der Waals surface area (Å²) in [5, 5.41) is 0. The van der Waals surface area contributed by atoms with Crippen molar-refractivity contribution in [3.8, 4) is 0 Å². The van der Waals surface area contributed by atoms with Crippen LogP contribution >= 0.6 is 33.9 Å². The fraction of sp³-hybridized carbons (Fsp3) is 0.700. The lowest BCUT2D eigenvalue weighted by atomic mass is 9.88. The van der Waals surface area contributed by atoms with Crippen molar-refractivity contribution in [1.82, 2.24) is 0 Å². The third kappa shape index (κ3) is 4.55. The largest absolute Gasteiger partial charge is 0.465 e. The summed E-state index contributed by atoms with van der Waals surface area (Å²) in [5.74, 6) is -0.883. The highest BCUT2D eigenvalue weighted by atomic mass is 127. The van der Waals surface area contributed by atoms with Crippen molar-refractivity contribution >= 4 is 51.5 Å². The minimum absolute atomic E-state index is 0.0269. The first kappa shape index (κ1) is 22.0. The number of carbonyl (C=O) groups is 2. The van der Waals surface area contributed by atoms with Crippen molar-refractivity contribution in [2.24, 2.45) is 5.92 Å². The van der Waals surface area contributed by atoms with Gasteiger partial charge in [-0.3, -0.25) is 4.79 Å². The lowest BCUT2D eigenvalue weighted by molar-refractivity contribution is -0.179. The van der Waals surface area contributed by atoms with Gasteiger partial charge in [-0.25, -0.2) is 4.79 Å². The van der Waals surface area contributed by atoms with Crippen LogP contribution in [0.25, 0.3) is 0 Å². The van der Waals surface area contributed by atoms with Gasteiger partial charge in [-0.15, -0.1) is 11.3 Å². The van der Waals surface area contributed by atoms with Gasteiger partial charge in [0.1, 0.15) is 4.88 Å². The summed E-state index contributed by atoms with van der Waals surface area (Å²) < 4.78 is 17.6. The van der Waals surface area contributed by atoms with Crippen molar-refractivity contribution in [2.45, 2.75) is 64.2 Å². The maximum atomic E-state index is 13.4. The molecule has 1 aliphatic carbocycles. The molecular formula is C20H28INO5S. The molecule has 2 fully saturated rings. The Bertz CT molecular complexity index is 705. The van der Waals surface area contributed by atoms with Gasteiger partial charge in [-0.1, -0.05) is 20.3 Å². The van der Waals surface area contributed by atoms with Crippen LogP contribution in [0.4, 0.5) is 5.69 Å². The van der Waals surface area contributed by atoms with Crippen LogP contribution in [0, 0.1) is 8.80 Å². The third-order valence-corrected chi connectivity index (χ3v) is 7.45. The average Bonchev–Trinajstić information content (AvgIpc) is 3.30. The second-order valence-electron chi connectivity index (χ2n) is 7.49. The van der Waals surface area contributed by atoms with Gasteiger partial charge in [0.25, 0.3) is 0 Å². The first-order valence-electron chi connectivity index (χ1n) is 9.89. The van der Waals surface area contributed by atoms with E-state index in [-0.39, 0.29) is 17.9 Å². The van der Waals surface area contributed by atoms with Crippen LogP contribution in [0.1, 0.15) is 62.0 Å². The Labute approximate surface area is 184 Å². The normalized spacial score (nSPS) is 20.3. The van der Waals surface area contributed by atoms with Crippen molar-refractivity contribution < 1.29 is 23.8 Å². The number of ether oxygens (including phenoxy) is 3. The molecule has 1 aromatic rings. The molecule has 28 heavy (non-hydrogen) atoms. The van der Waals surface area contributed by atoms with Gasteiger partial charge in [0.05, 0.1) is 28.9 Å². The maximum Gasteiger partial charge on any atom is 0.350 e. The Morgan fingerprint density at radius 2 is 2.00 bits per heavy atom. The number of thiophene rings is 1. The van der Waals surface area contributed by atoms with E-state index in [1.165, 1.54) is 18.4 Å². The molecule has 6 nitrogen and oxygen atoms in total. The Morgan fingerprint density at radius 1 is 1.36 bits per heavy atom. The summed E-state index contributed by atoms with van der Waals surface area (Å²) in [6.45, 7) is 5.33. The van der Waals surface area contributed by atoms with Crippen LogP contribution in [-0.4, -0.2) is 44.0 Å². The number of halogens is 1. The fourth-order valence-electron chi connectivity index (χ4n) is 4.15. The van der Waals surface area contributed by atoms with E-state index >= 15 is 0 Å². The molecule has 1 unspecified atom stereocenters. The molecule has 2 aliphatic rings. The molecule has 1 saturated heterocycles. The molecule has 0 radical (unpaired) electrons. The highest BCUT2D eigenvalue weighted by Gasteiger charge is 2.43. The molecule has 1 aliphatic heterocycles. The van der Waals surface area contributed by atoms with E-state index in [0.29, 0.717) is 23.8 Å².